The summed E-state index contributed by atoms with van der Waals surface area (Å²) in [6, 6.07) is 28.4. The third kappa shape index (κ3) is 3.15. The number of benzene rings is 3. The molecule has 0 unspecified atom stereocenters. The molecule has 0 atom stereocenters. The van der Waals surface area contributed by atoms with Gasteiger partial charge in [-0.05, 0) is 28.8 Å². The van der Waals surface area contributed by atoms with Crippen molar-refractivity contribution in [2.24, 2.45) is 5.84 Å². The second-order valence-electron chi connectivity index (χ2n) is 5.35. The van der Waals surface area contributed by atoms with Crippen molar-refractivity contribution in [3.05, 3.63) is 102 Å². The fraction of sp³-hybridized carbons (Fsp3) is 0.100. The van der Waals surface area contributed by atoms with E-state index in [0.717, 1.165) is 22.4 Å². The zero-order chi connectivity index (χ0) is 16.1. The number of halogens is 1. The summed E-state index contributed by atoms with van der Waals surface area (Å²) in [4.78, 5) is 0. The molecule has 124 valence electrons. The van der Waals surface area contributed by atoms with Gasteiger partial charge in [0, 0.05) is 0 Å². The Morgan fingerprint density at radius 1 is 0.708 bits per heavy atom. The Hall–Kier alpha value is -2.33. The van der Waals surface area contributed by atoms with E-state index in [0.29, 0.717) is 0 Å². The zero-order valence-corrected chi connectivity index (χ0v) is 14.3. The largest absolute Gasteiger partial charge is 0.497 e. The van der Waals surface area contributed by atoms with Crippen molar-refractivity contribution in [3.8, 4) is 5.75 Å². The van der Waals surface area contributed by atoms with Crippen LogP contribution < -0.4 is 16.0 Å². The highest BCUT2D eigenvalue weighted by atomic mass is 35.5. The average Bonchev–Trinajstić information content (AvgIpc) is 2.65. The first kappa shape index (κ1) is 18.0. The van der Waals surface area contributed by atoms with E-state index in [4.69, 9.17) is 10.6 Å². The standard InChI is InChI=1S/C20H20N2O.ClH/c1-23-19-14-12-18(13-15-19)20(22-21,16-8-4-2-5-9-16)17-10-6-3-7-11-17;/h2-15,22H,21H2,1H3;1H. The highest BCUT2D eigenvalue weighted by molar-refractivity contribution is 5.85. The van der Waals surface area contributed by atoms with Gasteiger partial charge in [0.15, 0.2) is 0 Å². The van der Waals surface area contributed by atoms with Crippen molar-refractivity contribution in [2.45, 2.75) is 5.54 Å². The summed E-state index contributed by atoms with van der Waals surface area (Å²) in [5, 5.41) is 0. The Labute approximate surface area is 148 Å². The van der Waals surface area contributed by atoms with Crippen molar-refractivity contribution >= 4 is 12.4 Å². The lowest BCUT2D eigenvalue weighted by atomic mass is 9.77. The predicted octanol–water partition coefficient (Wildman–Crippen LogP) is 3.87. The van der Waals surface area contributed by atoms with Gasteiger partial charge in [0.25, 0.3) is 0 Å². The minimum Gasteiger partial charge on any atom is -0.497 e. The van der Waals surface area contributed by atoms with Gasteiger partial charge in [-0.15, -0.1) is 12.4 Å². The van der Waals surface area contributed by atoms with E-state index >= 15 is 0 Å². The quantitative estimate of drug-likeness (QED) is 0.421. The van der Waals surface area contributed by atoms with Crippen LogP contribution in [-0.2, 0) is 5.54 Å². The summed E-state index contributed by atoms with van der Waals surface area (Å²) in [6.45, 7) is 0. The molecule has 3 aromatic carbocycles. The second-order valence-corrected chi connectivity index (χ2v) is 5.35. The summed E-state index contributed by atoms with van der Waals surface area (Å²) in [5.74, 6) is 6.91. The fourth-order valence-corrected chi connectivity index (χ4v) is 2.97. The Bertz CT molecular complexity index is 706. The Morgan fingerprint density at radius 3 is 1.50 bits per heavy atom. The molecule has 24 heavy (non-hydrogen) atoms. The van der Waals surface area contributed by atoms with Crippen molar-refractivity contribution in [3.63, 3.8) is 0 Å². The molecular formula is C20H21ClN2O. The third-order valence-corrected chi connectivity index (χ3v) is 4.15. The van der Waals surface area contributed by atoms with E-state index in [1.165, 1.54) is 0 Å². The van der Waals surface area contributed by atoms with E-state index < -0.39 is 5.54 Å². The zero-order valence-electron chi connectivity index (χ0n) is 13.5. The van der Waals surface area contributed by atoms with Gasteiger partial charge in [-0.3, -0.25) is 5.84 Å². The van der Waals surface area contributed by atoms with E-state index in [-0.39, 0.29) is 12.4 Å². The van der Waals surface area contributed by atoms with Crippen LogP contribution in [0.5, 0.6) is 5.75 Å². The van der Waals surface area contributed by atoms with Gasteiger partial charge < -0.3 is 4.74 Å². The summed E-state index contributed by atoms with van der Waals surface area (Å²) < 4.78 is 5.28. The van der Waals surface area contributed by atoms with Crippen LogP contribution in [0.25, 0.3) is 0 Å². The highest BCUT2D eigenvalue weighted by Gasteiger charge is 2.35. The average molecular weight is 341 g/mol. The van der Waals surface area contributed by atoms with Gasteiger partial charge in [0.2, 0.25) is 0 Å². The maximum absolute atomic E-state index is 6.09. The Balaban J connectivity index is 0.00000208. The number of methoxy groups -OCH3 is 1. The van der Waals surface area contributed by atoms with E-state index in [2.05, 4.69) is 29.7 Å². The minimum absolute atomic E-state index is 0. The molecule has 3 N–H and O–H groups in total. The number of hydrazine groups is 1. The molecule has 0 heterocycles. The molecule has 0 aliphatic heterocycles. The van der Waals surface area contributed by atoms with Crippen molar-refractivity contribution in [1.29, 1.82) is 0 Å². The van der Waals surface area contributed by atoms with Gasteiger partial charge in [-0.2, -0.15) is 0 Å². The van der Waals surface area contributed by atoms with Gasteiger partial charge in [0.05, 0.1) is 7.11 Å². The van der Waals surface area contributed by atoms with Gasteiger partial charge in [-0.25, -0.2) is 5.43 Å². The molecule has 3 nitrogen and oxygen atoms in total. The molecule has 0 fully saturated rings. The van der Waals surface area contributed by atoms with Crippen molar-refractivity contribution < 1.29 is 4.74 Å². The van der Waals surface area contributed by atoms with Crippen molar-refractivity contribution in [1.82, 2.24) is 5.43 Å². The fourth-order valence-electron chi connectivity index (χ4n) is 2.97. The van der Waals surface area contributed by atoms with Crippen LogP contribution in [0.3, 0.4) is 0 Å². The molecule has 0 spiro atoms. The lowest BCUT2D eigenvalue weighted by Crippen LogP contribution is -2.48. The second kappa shape index (κ2) is 7.97. The summed E-state index contributed by atoms with van der Waals surface area (Å²) in [7, 11) is 1.66. The number of rotatable bonds is 5. The molecule has 4 heteroatoms. The number of nitrogens with two attached hydrogens (primary N) is 1. The van der Waals surface area contributed by atoms with Crippen LogP contribution in [-0.4, -0.2) is 7.11 Å². The van der Waals surface area contributed by atoms with E-state index in [9.17, 15) is 0 Å². The molecular weight excluding hydrogens is 320 g/mol. The van der Waals surface area contributed by atoms with Crippen molar-refractivity contribution in [2.75, 3.05) is 7.11 Å². The van der Waals surface area contributed by atoms with Crippen LogP contribution in [0.15, 0.2) is 84.9 Å². The first-order chi connectivity index (χ1) is 11.3. The number of nitrogens with one attached hydrogen (secondary N) is 1. The Morgan fingerprint density at radius 2 is 1.12 bits per heavy atom. The van der Waals surface area contributed by atoms with Crippen LogP contribution in [0.4, 0.5) is 0 Å². The first-order valence-corrected chi connectivity index (χ1v) is 7.54. The van der Waals surface area contributed by atoms with Crippen LogP contribution in [0.2, 0.25) is 0 Å². The maximum Gasteiger partial charge on any atom is 0.118 e. The molecule has 3 aromatic rings. The normalized spacial score (nSPS) is 10.8. The van der Waals surface area contributed by atoms with E-state index in [1.807, 2.05) is 60.7 Å². The van der Waals surface area contributed by atoms with Crippen LogP contribution in [0.1, 0.15) is 16.7 Å². The molecule has 0 radical (unpaired) electrons. The lowest BCUT2D eigenvalue weighted by Gasteiger charge is -2.35. The highest BCUT2D eigenvalue weighted by Crippen LogP contribution is 2.36. The maximum atomic E-state index is 6.09. The summed E-state index contributed by atoms with van der Waals surface area (Å²) in [6.07, 6.45) is 0. The van der Waals surface area contributed by atoms with Gasteiger partial charge >= 0.3 is 0 Å². The van der Waals surface area contributed by atoms with E-state index in [1.54, 1.807) is 7.11 Å². The third-order valence-electron chi connectivity index (χ3n) is 4.15. The smallest absolute Gasteiger partial charge is 0.118 e. The predicted molar refractivity (Wildman–Crippen MR) is 100 cm³/mol. The molecule has 0 bridgehead atoms. The number of hydrogen-bond acceptors (Lipinski definition) is 3. The molecule has 0 aromatic heterocycles. The molecule has 0 aliphatic rings. The minimum atomic E-state index is -0.616. The van der Waals surface area contributed by atoms with Crippen LogP contribution >= 0.6 is 12.4 Å². The summed E-state index contributed by atoms with van der Waals surface area (Å²) in [5.41, 5.74) is 5.66. The molecule has 0 saturated carbocycles. The molecule has 0 aliphatic carbocycles. The van der Waals surface area contributed by atoms with Gasteiger partial charge in [-0.1, -0.05) is 72.8 Å². The topological polar surface area (TPSA) is 47.3 Å². The van der Waals surface area contributed by atoms with Gasteiger partial charge in [0.1, 0.15) is 11.3 Å². The van der Waals surface area contributed by atoms with Crippen LogP contribution in [0, 0.1) is 0 Å². The SMILES string of the molecule is COc1ccc(C(NN)(c2ccccc2)c2ccccc2)cc1.Cl. The Kier molecular flexibility index (Phi) is 5.99. The first-order valence-electron chi connectivity index (χ1n) is 7.54. The molecule has 0 saturated heterocycles. The number of ether oxygens (including phenoxy) is 1. The summed E-state index contributed by atoms with van der Waals surface area (Å²) >= 11 is 0. The monoisotopic (exact) mass is 340 g/mol. The lowest BCUT2D eigenvalue weighted by molar-refractivity contribution is 0.413. The number of hydrogen-bond donors (Lipinski definition) is 2. The molecule has 0 amide bonds. The molecule has 3 rings (SSSR count).